The molecule has 0 fully saturated rings. The fourth-order valence-electron chi connectivity index (χ4n) is 1.50. The van der Waals surface area contributed by atoms with Crippen LogP contribution in [0.15, 0.2) is 24.3 Å². The summed E-state index contributed by atoms with van der Waals surface area (Å²) >= 11 is 0. The summed E-state index contributed by atoms with van der Waals surface area (Å²) in [6, 6.07) is 3.35. The zero-order valence-corrected chi connectivity index (χ0v) is 10.4. The average molecular weight is 301 g/mol. The highest BCUT2D eigenvalue weighted by Gasteiger charge is 2.73. The molecule has 0 saturated carbocycles. The van der Waals surface area contributed by atoms with Gasteiger partial charge < -0.3 is 0 Å². The van der Waals surface area contributed by atoms with Gasteiger partial charge >= 0.3 is 18.0 Å². The lowest BCUT2D eigenvalue weighted by molar-refractivity contribution is -0.359. The first-order chi connectivity index (χ1) is 9.04. The molecule has 0 saturated heterocycles. The third kappa shape index (κ3) is 3.07. The van der Waals surface area contributed by atoms with E-state index in [0.29, 0.717) is 24.1 Å². The Kier molecular flexibility index (Phi) is 4.71. The third-order valence-corrected chi connectivity index (χ3v) is 2.69. The van der Waals surface area contributed by atoms with Crippen molar-refractivity contribution in [3.05, 3.63) is 41.8 Å². The van der Waals surface area contributed by atoms with E-state index in [2.05, 4.69) is 0 Å². The molecule has 0 spiro atoms. The molecule has 0 amide bonds. The van der Waals surface area contributed by atoms with Crippen molar-refractivity contribution in [1.29, 1.82) is 0 Å². The van der Waals surface area contributed by atoms with E-state index in [1.165, 1.54) is 0 Å². The molecule has 113 valence electrons. The first-order valence-corrected chi connectivity index (χ1v) is 5.80. The van der Waals surface area contributed by atoms with Crippen LogP contribution in [0.5, 0.6) is 0 Å². The van der Waals surface area contributed by atoms with Crippen molar-refractivity contribution < 1.29 is 30.7 Å². The van der Waals surface area contributed by atoms with E-state index >= 15 is 0 Å². The van der Waals surface area contributed by atoms with Crippen LogP contribution >= 0.6 is 0 Å². The number of unbranched alkanes of at least 4 members (excludes halogenated alkanes) is 1. The lowest BCUT2D eigenvalue weighted by Gasteiger charge is -2.28. The van der Waals surface area contributed by atoms with Crippen LogP contribution in [-0.2, 0) is 5.92 Å². The zero-order valence-electron chi connectivity index (χ0n) is 10.4. The molecule has 0 aliphatic rings. The maximum Gasteiger partial charge on any atom is 0.460 e. The number of halogens is 7. The predicted molar refractivity (Wildman–Crippen MR) is 59.6 cm³/mol. The van der Waals surface area contributed by atoms with Gasteiger partial charge in [0.1, 0.15) is 0 Å². The minimum atomic E-state index is -6.32. The van der Waals surface area contributed by atoms with E-state index in [9.17, 15) is 30.7 Å². The fourth-order valence-corrected chi connectivity index (χ4v) is 1.50. The second-order valence-corrected chi connectivity index (χ2v) is 4.26. The van der Waals surface area contributed by atoms with Gasteiger partial charge in [-0.3, -0.25) is 0 Å². The number of rotatable bonds is 5. The molecule has 0 nitrogen and oxygen atoms in total. The van der Waals surface area contributed by atoms with Gasteiger partial charge in [-0.1, -0.05) is 37.6 Å². The van der Waals surface area contributed by atoms with Crippen molar-refractivity contribution in [2.24, 2.45) is 0 Å². The second-order valence-electron chi connectivity index (χ2n) is 4.26. The van der Waals surface area contributed by atoms with Gasteiger partial charge in [-0.25, -0.2) is 0 Å². The van der Waals surface area contributed by atoms with Crippen LogP contribution in [0.2, 0.25) is 0 Å². The van der Waals surface area contributed by atoms with Crippen LogP contribution in [0.3, 0.4) is 0 Å². The SMILES string of the molecule is CCC[CH]c1ccc(C(F)(F)C(F)(F)C(F)(F)F)cc1. The van der Waals surface area contributed by atoms with Crippen LogP contribution in [0.25, 0.3) is 0 Å². The molecule has 0 N–H and O–H groups in total. The summed E-state index contributed by atoms with van der Waals surface area (Å²) < 4.78 is 88.4. The summed E-state index contributed by atoms with van der Waals surface area (Å²) in [4.78, 5) is 0. The molecule has 0 atom stereocenters. The molecule has 0 unspecified atom stereocenters. The van der Waals surface area contributed by atoms with Gasteiger partial charge in [0.15, 0.2) is 0 Å². The van der Waals surface area contributed by atoms with Crippen molar-refractivity contribution in [2.75, 3.05) is 0 Å². The van der Waals surface area contributed by atoms with E-state index in [4.69, 9.17) is 0 Å². The predicted octanol–water partition coefficient (Wildman–Crippen LogP) is 5.33. The van der Waals surface area contributed by atoms with Gasteiger partial charge in [-0.05, 0) is 18.4 Å². The van der Waals surface area contributed by atoms with Crippen LogP contribution in [-0.4, -0.2) is 12.1 Å². The summed E-state index contributed by atoms with van der Waals surface area (Å²) in [5, 5.41) is 0. The Labute approximate surface area is 111 Å². The van der Waals surface area contributed by atoms with Gasteiger partial charge in [0.2, 0.25) is 0 Å². The quantitative estimate of drug-likeness (QED) is 0.645. The summed E-state index contributed by atoms with van der Waals surface area (Å²) in [5.74, 6) is -11.4. The molecule has 0 aliphatic heterocycles. The second kappa shape index (κ2) is 5.61. The highest BCUT2D eigenvalue weighted by atomic mass is 19.4. The van der Waals surface area contributed by atoms with Crippen molar-refractivity contribution >= 4 is 0 Å². The minimum absolute atomic E-state index is 0.488. The number of hydrogen-bond donors (Lipinski definition) is 0. The number of benzene rings is 1. The van der Waals surface area contributed by atoms with Gasteiger partial charge in [0, 0.05) is 5.56 Å². The Morgan fingerprint density at radius 3 is 1.80 bits per heavy atom. The first kappa shape index (κ1) is 16.8. The zero-order chi connectivity index (χ0) is 15.6. The minimum Gasteiger partial charge on any atom is -0.194 e. The normalized spacial score (nSPS) is 13.6. The molecule has 1 radical (unpaired) electrons. The molecule has 0 bridgehead atoms. The summed E-state index contributed by atoms with van der Waals surface area (Å²) in [6.45, 7) is 1.88. The number of alkyl halides is 7. The van der Waals surface area contributed by atoms with Crippen molar-refractivity contribution in [2.45, 2.75) is 37.8 Å². The highest BCUT2D eigenvalue weighted by molar-refractivity contribution is 5.31. The van der Waals surface area contributed by atoms with Crippen molar-refractivity contribution in [3.8, 4) is 0 Å². The van der Waals surface area contributed by atoms with Gasteiger partial charge in [-0.15, -0.1) is 0 Å². The molecule has 0 aromatic heterocycles. The lowest BCUT2D eigenvalue weighted by Crippen LogP contribution is -2.50. The Bertz CT molecular complexity index is 431. The Hall–Kier alpha value is -1.27. The van der Waals surface area contributed by atoms with E-state index in [1.54, 1.807) is 6.42 Å². The highest BCUT2D eigenvalue weighted by Crippen LogP contribution is 2.51. The van der Waals surface area contributed by atoms with Crippen LogP contribution < -0.4 is 0 Å². The van der Waals surface area contributed by atoms with Crippen molar-refractivity contribution in [3.63, 3.8) is 0 Å². The molecule has 1 rings (SSSR count). The van der Waals surface area contributed by atoms with Gasteiger partial charge in [0.05, 0.1) is 0 Å². The Morgan fingerprint density at radius 1 is 0.900 bits per heavy atom. The fraction of sp³-hybridized carbons (Fsp3) is 0.462. The molecular formula is C13H12F7. The smallest absolute Gasteiger partial charge is 0.194 e. The number of hydrogen-bond acceptors (Lipinski definition) is 0. The van der Waals surface area contributed by atoms with E-state index < -0.39 is 23.6 Å². The van der Waals surface area contributed by atoms with E-state index in [0.717, 1.165) is 18.6 Å². The third-order valence-electron chi connectivity index (χ3n) is 2.69. The summed E-state index contributed by atoms with van der Waals surface area (Å²) in [6.07, 6.45) is -3.20. The van der Waals surface area contributed by atoms with E-state index in [1.807, 2.05) is 6.92 Å². The van der Waals surface area contributed by atoms with Crippen LogP contribution in [0.1, 0.15) is 30.9 Å². The van der Waals surface area contributed by atoms with Crippen molar-refractivity contribution in [1.82, 2.24) is 0 Å². The first-order valence-electron chi connectivity index (χ1n) is 5.80. The Morgan fingerprint density at radius 2 is 1.40 bits per heavy atom. The molecule has 7 heteroatoms. The largest absolute Gasteiger partial charge is 0.460 e. The molecule has 1 aromatic rings. The molecule has 0 aliphatic carbocycles. The van der Waals surface area contributed by atoms with Gasteiger partial charge in [-0.2, -0.15) is 30.7 Å². The van der Waals surface area contributed by atoms with Crippen LogP contribution in [0, 0.1) is 6.42 Å². The molecule has 20 heavy (non-hydrogen) atoms. The molecule has 0 heterocycles. The Balaban J connectivity index is 3.04. The van der Waals surface area contributed by atoms with E-state index in [-0.39, 0.29) is 0 Å². The lowest BCUT2D eigenvalue weighted by atomic mass is 9.99. The summed E-state index contributed by atoms with van der Waals surface area (Å²) in [5.41, 5.74) is -0.879. The average Bonchev–Trinajstić information content (AvgIpc) is 2.35. The maximum absolute atomic E-state index is 13.3. The maximum atomic E-state index is 13.3. The monoisotopic (exact) mass is 301 g/mol. The molecular weight excluding hydrogens is 289 g/mol. The topological polar surface area (TPSA) is 0 Å². The molecule has 1 aromatic carbocycles. The van der Waals surface area contributed by atoms with Gasteiger partial charge in [0.25, 0.3) is 0 Å². The van der Waals surface area contributed by atoms with Crippen LogP contribution in [0.4, 0.5) is 30.7 Å². The standard InChI is InChI=1S/C13H12F7/c1-2-3-4-9-5-7-10(8-6-9)11(14,15)12(16,17)13(18,19)20/h4-8H,2-3H2,1H3. The summed E-state index contributed by atoms with van der Waals surface area (Å²) in [7, 11) is 0.